The number of aromatic amines is 1. The minimum absolute atomic E-state index is 0.0948. The van der Waals surface area contributed by atoms with E-state index in [0.717, 1.165) is 5.69 Å². The Balaban J connectivity index is 1.66. The molecule has 7 nitrogen and oxygen atoms in total. The second-order valence-corrected chi connectivity index (χ2v) is 8.43. The summed E-state index contributed by atoms with van der Waals surface area (Å²) in [6.45, 7) is 4.25. The van der Waals surface area contributed by atoms with Crippen LogP contribution in [-0.4, -0.2) is 43.6 Å². The highest BCUT2D eigenvalue weighted by Gasteiger charge is 2.41. The first-order chi connectivity index (χ1) is 14.0. The summed E-state index contributed by atoms with van der Waals surface area (Å²) >= 11 is 6.61. The van der Waals surface area contributed by atoms with Crippen molar-refractivity contribution in [2.24, 2.45) is 5.92 Å². The zero-order valence-electron chi connectivity index (χ0n) is 16.1. The zero-order valence-corrected chi connectivity index (χ0v) is 17.8. The SMILES string of the molecule is CC(C)C(C(=O)NCCc1cnc[nH]1)N1C(=O)C(=CC=Cc2ccco2)SC1=S. The van der Waals surface area contributed by atoms with Crippen molar-refractivity contribution < 1.29 is 14.0 Å². The van der Waals surface area contributed by atoms with E-state index >= 15 is 0 Å². The van der Waals surface area contributed by atoms with Crippen molar-refractivity contribution in [3.63, 3.8) is 0 Å². The van der Waals surface area contributed by atoms with E-state index in [1.165, 1.54) is 16.7 Å². The van der Waals surface area contributed by atoms with Gasteiger partial charge in [-0.25, -0.2) is 4.98 Å². The van der Waals surface area contributed by atoms with Crippen molar-refractivity contribution in [3.8, 4) is 0 Å². The van der Waals surface area contributed by atoms with E-state index in [-0.39, 0.29) is 17.7 Å². The molecule has 0 radical (unpaired) electrons. The van der Waals surface area contributed by atoms with E-state index in [4.69, 9.17) is 16.6 Å². The maximum Gasteiger partial charge on any atom is 0.266 e. The Morgan fingerprint density at radius 3 is 2.97 bits per heavy atom. The van der Waals surface area contributed by atoms with Gasteiger partial charge in [0.15, 0.2) is 0 Å². The van der Waals surface area contributed by atoms with E-state index in [2.05, 4.69) is 15.3 Å². The summed E-state index contributed by atoms with van der Waals surface area (Å²) in [7, 11) is 0. The number of carbonyl (C=O) groups is 2. The standard InChI is InChI=1S/C20H22N4O3S2/c1-13(2)17(18(25)22-9-8-14-11-21-12-23-14)24-19(26)16(29-20(24)28)7-3-5-15-6-4-10-27-15/h3-7,10-13,17H,8-9H2,1-2H3,(H,21,23)(H,22,25). The minimum Gasteiger partial charge on any atom is -0.465 e. The molecule has 0 saturated carbocycles. The van der Waals surface area contributed by atoms with E-state index in [1.54, 1.807) is 43.1 Å². The molecule has 0 bridgehead atoms. The molecule has 3 heterocycles. The zero-order chi connectivity index (χ0) is 20.8. The van der Waals surface area contributed by atoms with Crippen LogP contribution in [0.25, 0.3) is 6.08 Å². The number of imidazole rings is 1. The second-order valence-electron chi connectivity index (χ2n) is 6.76. The Hall–Kier alpha value is -2.65. The Bertz CT molecular complexity index is 918. The van der Waals surface area contributed by atoms with Crippen LogP contribution in [0.2, 0.25) is 0 Å². The molecule has 152 valence electrons. The van der Waals surface area contributed by atoms with Crippen LogP contribution in [-0.2, 0) is 16.0 Å². The van der Waals surface area contributed by atoms with Gasteiger partial charge in [-0.05, 0) is 30.2 Å². The smallest absolute Gasteiger partial charge is 0.266 e. The largest absolute Gasteiger partial charge is 0.465 e. The van der Waals surface area contributed by atoms with Gasteiger partial charge in [0.25, 0.3) is 5.91 Å². The van der Waals surface area contributed by atoms with Gasteiger partial charge in [-0.1, -0.05) is 43.9 Å². The normalized spacial score (nSPS) is 17.1. The molecule has 2 N–H and O–H groups in total. The quantitative estimate of drug-likeness (QED) is 0.494. The van der Waals surface area contributed by atoms with Crippen LogP contribution in [0.3, 0.4) is 0 Å². The third-order valence-corrected chi connectivity index (χ3v) is 5.65. The van der Waals surface area contributed by atoms with Crippen molar-refractivity contribution >= 4 is 46.2 Å². The summed E-state index contributed by atoms with van der Waals surface area (Å²) in [5.41, 5.74) is 0.934. The lowest BCUT2D eigenvalue weighted by atomic mass is 10.0. The molecule has 2 amide bonds. The van der Waals surface area contributed by atoms with Crippen molar-refractivity contribution in [2.45, 2.75) is 26.3 Å². The average molecular weight is 431 g/mol. The lowest BCUT2D eigenvalue weighted by Crippen LogP contribution is -2.51. The van der Waals surface area contributed by atoms with Crippen molar-refractivity contribution in [3.05, 3.63) is 59.4 Å². The highest BCUT2D eigenvalue weighted by Crippen LogP contribution is 2.34. The molecule has 1 atom stereocenters. The third-order valence-electron chi connectivity index (χ3n) is 4.30. The first kappa shape index (κ1) is 21.1. The van der Waals surface area contributed by atoms with Crippen LogP contribution in [0.1, 0.15) is 25.3 Å². The second kappa shape index (κ2) is 9.71. The predicted molar refractivity (Wildman–Crippen MR) is 117 cm³/mol. The molecule has 3 rings (SSSR count). The van der Waals surface area contributed by atoms with Crippen LogP contribution in [0.4, 0.5) is 0 Å². The van der Waals surface area contributed by atoms with E-state index in [1.807, 2.05) is 19.9 Å². The van der Waals surface area contributed by atoms with E-state index in [9.17, 15) is 9.59 Å². The van der Waals surface area contributed by atoms with Crippen LogP contribution in [0.15, 0.2) is 52.4 Å². The number of thiocarbonyl (C=S) groups is 1. The molecule has 2 aromatic rings. The number of nitrogens with one attached hydrogen (secondary N) is 2. The molecule has 1 aliphatic heterocycles. The number of thioether (sulfide) groups is 1. The fourth-order valence-electron chi connectivity index (χ4n) is 2.91. The summed E-state index contributed by atoms with van der Waals surface area (Å²) in [5.74, 6) is 0.116. The number of nitrogens with zero attached hydrogens (tertiary/aromatic N) is 2. The number of hydrogen-bond acceptors (Lipinski definition) is 6. The summed E-state index contributed by atoms with van der Waals surface area (Å²) in [5, 5.41) is 2.90. The van der Waals surface area contributed by atoms with Crippen molar-refractivity contribution in [1.29, 1.82) is 0 Å². The average Bonchev–Trinajstić information content (AvgIpc) is 3.42. The van der Waals surface area contributed by atoms with Crippen LogP contribution in [0.5, 0.6) is 0 Å². The topological polar surface area (TPSA) is 91.2 Å². The lowest BCUT2D eigenvalue weighted by molar-refractivity contribution is -0.134. The third kappa shape index (κ3) is 5.24. The maximum absolute atomic E-state index is 12.9. The van der Waals surface area contributed by atoms with Gasteiger partial charge in [0.2, 0.25) is 5.91 Å². The summed E-state index contributed by atoms with van der Waals surface area (Å²) < 4.78 is 5.61. The lowest BCUT2D eigenvalue weighted by Gasteiger charge is -2.28. The summed E-state index contributed by atoms with van der Waals surface area (Å²) in [6, 6.07) is 2.94. The van der Waals surface area contributed by atoms with Gasteiger partial charge in [-0.3, -0.25) is 14.5 Å². The van der Waals surface area contributed by atoms with Gasteiger partial charge in [0, 0.05) is 24.9 Å². The maximum atomic E-state index is 12.9. The minimum atomic E-state index is -0.663. The molecule has 9 heteroatoms. The highest BCUT2D eigenvalue weighted by atomic mass is 32.2. The number of hydrogen-bond donors (Lipinski definition) is 2. The number of amides is 2. The number of aromatic nitrogens is 2. The Kier molecular flexibility index (Phi) is 7.05. The molecule has 0 aliphatic carbocycles. The molecular weight excluding hydrogens is 408 g/mol. The van der Waals surface area contributed by atoms with E-state index in [0.29, 0.717) is 28.0 Å². The Morgan fingerprint density at radius 2 is 2.31 bits per heavy atom. The molecule has 1 fully saturated rings. The number of carbonyl (C=O) groups excluding carboxylic acids is 2. The number of allylic oxidation sites excluding steroid dienone is 2. The highest BCUT2D eigenvalue weighted by molar-refractivity contribution is 8.26. The van der Waals surface area contributed by atoms with Crippen molar-refractivity contribution in [1.82, 2.24) is 20.2 Å². The molecule has 0 aromatic carbocycles. The van der Waals surface area contributed by atoms with Gasteiger partial charge in [0.05, 0.1) is 17.5 Å². The van der Waals surface area contributed by atoms with Gasteiger partial charge in [0.1, 0.15) is 16.1 Å². The molecule has 0 spiro atoms. The molecule has 29 heavy (non-hydrogen) atoms. The Morgan fingerprint density at radius 1 is 1.48 bits per heavy atom. The Labute approximate surface area is 178 Å². The van der Waals surface area contributed by atoms with Gasteiger partial charge in [-0.15, -0.1) is 0 Å². The summed E-state index contributed by atoms with van der Waals surface area (Å²) in [6.07, 6.45) is 10.7. The first-order valence-electron chi connectivity index (χ1n) is 9.19. The number of H-pyrrole nitrogens is 1. The van der Waals surface area contributed by atoms with Crippen LogP contribution >= 0.6 is 24.0 Å². The molecule has 1 saturated heterocycles. The molecule has 2 aromatic heterocycles. The molecule has 1 unspecified atom stereocenters. The first-order valence-corrected chi connectivity index (χ1v) is 10.4. The fraction of sp³-hybridized carbons (Fsp3) is 0.300. The molecular formula is C20H22N4O3S2. The summed E-state index contributed by atoms with van der Waals surface area (Å²) in [4.78, 5) is 34.6. The molecule has 1 aliphatic rings. The van der Waals surface area contributed by atoms with Crippen LogP contribution < -0.4 is 5.32 Å². The van der Waals surface area contributed by atoms with Crippen LogP contribution in [0, 0.1) is 5.92 Å². The number of rotatable bonds is 8. The predicted octanol–water partition coefficient (Wildman–Crippen LogP) is 3.14. The van der Waals surface area contributed by atoms with Gasteiger partial charge < -0.3 is 14.7 Å². The van der Waals surface area contributed by atoms with E-state index < -0.39 is 6.04 Å². The fourth-order valence-corrected chi connectivity index (χ4v) is 4.20. The van der Waals surface area contributed by atoms with Crippen molar-refractivity contribution in [2.75, 3.05) is 6.54 Å². The number of furan rings is 1. The monoisotopic (exact) mass is 430 g/mol. The van der Waals surface area contributed by atoms with Gasteiger partial charge >= 0.3 is 0 Å². The van der Waals surface area contributed by atoms with Gasteiger partial charge in [-0.2, -0.15) is 0 Å².